The Morgan fingerprint density at radius 3 is 3.08 bits per heavy atom. The summed E-state index contributed by atoms with van der Waals surface area (Å²) in [7, 11) is 1.88. The quantitative estimate of drug-likeness (QED) is 0.389. The zero-order valence-corrected chi connectivity index (χ0v) is 7.69. The van der Waals surface area contributed by atoms with E-state index in [9.17, 15) is 4.79 Å². The van der Waals surface area contributed by atoms with Gasteiger partial charge in [0.15, 0.2) is 5.78 Å². The molecule has 0 aliphatic rings. The van der Waals surface area contributed by atoms with E-state index in [-0.39, 0.29) is 12.4 Å². The second-order valence-electron chi connectivity index (χ2n) is 2.79. The van der Waals surface area contributed by atoms with Crippen LogP contribution in [0.1, 0.15) is 10.4 Å². The number of nitrogens with zero attached hydrogens (tertiary/aromatic N) is 1. The molecule has 1 aromatic heterocycles. The lowest BCUT2D eigenvalue weighted by Gasteiger charge is -1.97. The predicted molar refractivity (Wildman–Crippen MR) is 50.8 cm³/mol. The number of carbonyl (C=O) groups is 1. The number of carbonyl (C=O) groups excluding carboxylic acids is 1. The van der Waals surface area contributed by atoms with Gasteiger partial charge in [-0.25, -0.2) is 0 Å². The summed E-state index contributed by atoms with van der Waals surface area (Å²) in [5.41, 5.74) is 0.687. The molecule has 1 aromatic rings. The molecule has 0 N–H and O–H groups in total. The van der Waals surface area contributed by atoms with Crippen LogP contribution in [0.25, 0.3) is 0 Å². The molecule has 0 fully saturated rings. The zero-order chi connectivity index (χ0) is 9.68. The van der Waals surface area contributed by atoms with E-state index in [1.54, 1.807) is 18.3 Å². The first kappa shape index (κ1) is 9.74. The van der Waals surface area contributed by atoms with Crippen molar-refractivity contribution in [1.82, 2.24) is 4.57 Å². The SMILES string of the molecule is C=CCOCC(=O)c1ccn(C)c1. The Hall–Kier alpha value is -1.35. The van der Waals surface area contributed by atoms with E-state index in [1.165, 1.54) is 0 Å². The molecular formula is C10H13NO2. The molecule has 13 heavy (non-hydrogen) atoms. The summed E-state index contributed by atoms with van der Waals surface area (Å²) in [5, 5.41) is 0. The van der Waals surface area contributed by atoms with Crippen molar-refractivity contribution in [2.24, 2.45) is 7.05 Å². The van der Waals surface area contributed by atoms with Crippen molar-refractivity contribution in [2.45, 2.75) is 0 Å². The number of aromatic nitrogens is 1. The van der Waals surface area contributed by atoms with E-state index in [0.29, 0.717) is 12.2 Å². The molecule has 70 valence electrons. The smallest absolute Gasteiger partial charge is 0.189 e. The molecule has 0 bridgehead atoms. The normalized spacial score (nSPS) is 9.92. The molecule has 1 heterocycles. The van der Waals surface area contributed by atoms with Crippen LogP contribution in [0.5, 0.6) is 0 Å². The van der Waals surface area contributed by atoms with Crippen molar-refractivity contribution in [3.63, 3.8) is 0 Å². The maximum absolute atomic E-state index is 11.4. The molecule has 0 saturated heterocycles. The summed E-state index contributed by atoms with van der Waals surface area (Å²) >= 11 is 0. The third kappa shape index (κ3) is 2.87. The fourth-order valence-corrected chi connectivity index (χ4v) is 0.987. The highest BCUT2D eigenvalue weighted by molar-refractivity contribution is 5.96. The Balaban J connectivity index is 2.44. The van der Waals surface area contributed by atoms with Gasteiger partial charge in [0.2, 0.25) is 0 Å². The average molecular weight is 179 g/mol. The minimum atomic E-state index is 0.00227. The number of ketones is 1. The highest BCUT2D eigenvalue weighted by Gasteiger charge is 2.05. The van der Waals surface area contributed by atoms with Gasteiger partial charge in [0.1, 0.15) is 6.61 Å². The molecule has 0 radical (unpaired) electrons. The van der Waals surface area contributed by atoms with Gasteiger partial charge in [0.05, 0.1) is 6.61 Å². The Bertz CT molecular complexity index is 302. The molecule has 1 rings (SSSR count). The monoisotopic (exact) mass is 179 g/mol. The maximum Gasteiger partial charge on any atom is 0.189 e. The fraction of sp³-hybridized carbons (Fsp3) is 0.300. The molecular weight excluding hydrogens is 166 g/mol. The zero-order valence-electron chi connectivity index (χ0n) is 7.69. The van der Waals surface area contributed by atoms with Crippen LogP contribution in [0.4, 0.5) is 0 Å². The van der Waals surface area contributed by atoms with Gasteiger partial charge in [-0.1, -0.05) is 6.08 Å². The number of ether oxygens (including phenoxy) is 1. The molecule has 0 unspecified atom stereocenters. The molecule has 0 aromatic carbocycles. The molecule has 0 saturated carbocycles. The van der Waals surface area contributed by atoms with Gasteiger partial charge >= 0.3 is 0 Å². The minimum Gasteiger partial charge on any atom is -0.369 e. The maximum atomic E-state index is 11.4. The third-order valence-corrected chi connectivity index (χ3v) is 1.62. The largest absolute Gasteiger partial charge is 0.369 e. The Morgan fingerprint density at radius 2 is 2.54 bits per heavy atom. The molecule has 0 aliphatic heterocycles. The van der Waals surface area contributed by atoms with Crippen LogP contribution < -0.4 is 0 Å². The first-order chi connectivity index (χ1) is 6.24. The number of Topliss-reactive ketones (excluding diaryl/α,β-unsaturated/α-hetero) is 1. The summed E-state index contributed by atoms with van der Waals surface area (Å²) in [6, 6.07) is 1.78. The van der Waals surface area contributed by atoms with Gasteiger partial charge in [0, 0.05) is 25.0 Å². The van der Waals surface area contributed by atoms with Gasteiger partial charge < -0.3 is 9.30 Å². The number of rotatable bonds is 5. The van der Waals surface area contributed by atoms with Crippen LogP contribution in [0.2, 0.25) is 0 Å². The van der Waals surface area contributed by atoms with Crippen molar-refractivity contribution in [1.29, 1.82) is 0 Å². The van der Waals surface area contributed by atoms with Crippen LogP contribution in [0, 0.1) is 0 Å². The van der Waals surface area contributed by atoms with Crippen LogP contribution >= 0.6 is 0 Å². The standard InChI is InChI=1S/C10H13NO2/c1-3-6-13-8-10(12)9-4-5-11(2)7-9/h3-5,7H,1,6,8H2,2H3. The summed E-state index contributed by atoms with van der Waals surface area (Å²) in [4.78, 5) is 11.4. The lowest BCUT2D eigenvalue weighted by Crippen LogP contribution is -2.08. The van der Waals surface area contributed by atoms with Gasteiger partial charge in [0.25, 0.3) is 0 Å². The molecule has 0 amide bonds. The topological polar surface area (TPSA) is 31.2 Å². The second kappa shape index (κ2) is 4.62. The van der Waals surface area contributed by atoms with Crippen molar-refractivity contribution < 1.29 is 9.53 Å². The average Bonchev–Trinajstić information content (AvgIpc) is 2.52. The van der Waals surface area contributed by atoms with E-state index in [1.807, 2.05) is 17.8 Å². The minimum absolute atomic E-state index is 0.00227. The molecule has 0 aliphatic carbocycles. The van der Waals surface area contributed by atoms with Crippen molar-refractivity contribution in [2.75, 3.05) is 13.2 Å². The van der Waals surface area contributed by atoms with Crippen LogP contribution in [0.3, 0.4) is 0 Å². The second-order valence-corrected chi connectivity index (χ2v) is 2.79. The van der Waals surface area contributed by atoms with Crippen molar-refractivity contribution in [3.05, 3.63) is 36.7 Å². The fourth-order valence-electron chi connectivity index (χ4n) is 0.987. The number of aryl methyl sites for hydroxylation is 1. The summed E-state index contributed by atoms with van der Waals surface area (Å²) in [5.74, 6) is 0.00227. The summed E-state index contributed by atoms with van der Waals surface area (Å²) in [6.45, 7) is 4.03. The molecule has 3 nitrogen and oxygen atoms in total. The molecule has 0 spiro atoms. The first-order valence-electron chi connectivity index (χ1n) is 4.08. The number of hydrogen-bond donors (Lipinski definition) is 0. The van der Waals surface area contributed by atoms with E-state index >= 15 is 0 Å². The Kier molecular flexibility index (Phi) is 3.46. The Morgan fingerprint density at radius 1 is 1.77 bits per heavy atom. The van der Waals surface area contributed by atoms with Gasteiger partial charge in [-0.05, 0) is 6.07 Å². The highest BCUT2D eigenvalue weighted by Crippen LogP contribution is 2.00. The third-order valence-electron chi connectivity index (χ3n) is 1.62. The number of hydrogen-bond acceptors (Lipinski definition) is 2. The van der Waals surface area contributed by atoms with Crippen LogP contribution in [0.15, 0.2) is 31.1 Å². The summed E-state index contributed by atoms with van der Waals surface area (Å²) in [6.07, 6.45) is 5.23. The molecule has 3 heteroatoms. The van der Waals surface area contributed by atoms with Crippen molar-refractivity contribution >= 4 is 5.78 Å². The summed E-state index contributed by atoms with van der Waals surface area (Å²) < 4.78 is 6.87. The van der Waals surface area contributed by atoms with E-state index in [0.717, 1.165) is 0 Å². The van der Waals surface area contributed by atoms with E-state index in [4.69, 9.17) is 4.74 Å². The lowest BCUT2D eigenvalue weighted by atomic mass is 10.2. The van der Waals surface area contributed by atoms with E-state index < -0.39 is 0 Å². The molecule has 0 atom stereocenters. The van der Waals surface area contributed by atoms with Crippen molar-refractivity contribution in [3.8, 4) is 0 Å². The predicted octanol–water partition coefficient (Wildman–Crippen LogP) is 1.41. The van der Waals surface area contributed by atoms with Crippen LogP contribution in [-0.4, -0.2) is 23.6 Å². The van der Waals surface area contributed by atoms with Gasteiger partial charge in [-0.2, -0.15) is 0 Å². The first-order valence-corrected chi connectivity index (χ1v) is 4.08. The Labute approximate surface area is 77.6 Å². The lowest BCUT2D eigenvalue weighted by molar-refractivity contribution is 0.0806. The highest BCUT2D eigenvalue weighted by atomic mass is 16.5. The van der Waals surface area contributed by atoms with Crippen LogP contribution in [-0.2, 0) is 11.8 Å². The van der Waals surface area contributed by atoms with Gasteiger partial charge in [-0.15, -0.1) is 6.58 Å². The van der Waals surface area contributed by atoms with E-state index in [2.05, 4.69) is 6.58 Å². The van der Waals surface area contributed by atoms with Gasteiger partial charge in [-0.3, -0.25) is 4.79 Å².